The van der Waals surface area contributed by atoms with Crippen molar-refractivity contribution in [2.75, 3.05) is 0 Å². The number of carbonyl (C=O) groups is 2. The van der Waals surface area contributed by atoms with Crippen molar-refractivity contribution in [1.82, 2.24) is 0 Å². The Morgan fingerprint density at radius 1 is 0.800 bits per heavy atom. The molecule has 0 aliphatic rings. The maximum atomic E-state index is 11.3. The quantitative estimate of drug-likeness (QED) is 0.727. The Hall–Kier alpha value is -0.261. The van der Waals surface area contributed by atoms with Gasteiger partial charge in [-0.3, -0.25) is 0 Å². The summed E-state index contributed by atoms with van der Waals surface area (Å²) in [5.41, 5.74) is -1.07. The van der Waals surface area contributed by atoms with Crippen molar-refractivity contribution >= 4 is 33.9 Å². The molecule has 0 N–H and O–H groups in total. The first-order valence-electron chi connectivity index (χ1n) is 4.72. The van der Waals surface area contributed by atoms with E-state index in [1.807, 2.05) is 0 Å². The molecule has 0 rings (SSSR count). The molecule has 2 radical (unpaired) electrons. The van der Waals surface area contributed by atoms with Gasteiger partial charge in [0, 0.05) is 0 Å². The Morgan fingerprint density at radius 3 is 1.27 bits per heavy atom. The molecular weight excluding hydrogens is 303 g/mol. The van der Waals surface area contributed by atoms with Crippen LogP contribution in [0.4, 0.5) is 0 Å². The second-order valence-corrected chi connectivity index (χ2v) is 7.00. The predicted molar refractivity (Wildman–Crippen MR) is 56.8 cm³/mol. The topological polar surface area (TPSA) is 52.6 Å². The molecule has 0 heterocycles. The van der Waals surface area contributed by atoms with Gasteiger partial charge in [-0.25, -0.2) is 0 Å². The van der Waals surface area contributed by atoms with Crippen molar-refractivity contribution in [2.24, 2.45) is 10.8 Å². The van der Waals surface area contributed by atoms with E-state index in [1.165, 1.54) is 0 Å². The normalized spacial score (nSPS) is 12.1. The first-order valence-corrected chi connectivity index (χ1v) is 7.06. The van der Waals surface area contributed by atoms with Gasteiger partial charge in [-0.15, -0.1) is 0 Å². The predicted octanol–water partition coefficient (Wildman–Crippen LogP) is 1.70. The molecule has 0 aliphatic carbocycles. The first-order chi connectivity index (χ1) is 6.55. The molecule has 0 saturated carbocycles. The van der Waals surface area contributed by atoms with Gasteiger partial charge in [-0.2, -0.15) is 0 Å². The molecule has 5 heteroatoms. The summed E-state index contributed by atoms with van der Waals surface area (Å²) in [6.07, 6.45) is 0. The van der Waals surface area contributed by atoms with Crippen molar-refractivity contribution < 1.29 is 15.7 Å². The second-order valence-electron chi connectivity index (χ2n) is 5.36. The van der Waals surface area contributed by atoms with E-state index in [-0.39, 0.29) is 11.9 Å². The van der Waals surface area contributed by atoms with Gasteiger partial charge < -0.3 is 0 Å². The van der Waals surface area contributed by atoms with Gasteiger partial charge in [0.15, 0.2) is 0 Å². The molecule has 0 saturated heterocycles. The third-order valence-corrected chi connectivity index (χ3v) is 3.03. The van der Waals surface area contributed by atoms with Crippen molar-refractivity contribution in [1.29, 1.82) is 0 Å². The summed E-state index contributed by atoms with van der Waals surface area (Å²) in [5, 5.41) is 0. The Kier molecular flexibility index (Phi) is 5.09. The molecule has 86 valence electrons. The van der Waals surface area contributed by atoms with Crippen molar-refractivity contribution in [3.8, 4) is 0 Å². The molecule has 4 nitrogen and oxygen atoms in total. The van der Waals surface area contributed by atoms with Crippen LogP contribution < -0.4 is 0 Å². The molecular formula is C10H18O4Sn. The van der Waals surface area contributed by atoms with E-state index in [1.54, 1.807) is 41.5 Å². The molecule has 0 unspecified atom stereocenters. The summed E-state index contributed by atoms with van der Waals surface area (Å²) in [6, 6.07) is 0. The van der Waals surface area contributed by atoms with Crippen molar-refractivity contribution in [3.05, 3.63) is 0 Å². The zero-order valence-electron chi connectivity index (χ0n) is 10.1. The van der Waals surface area contributed by atoms with Crippen LogP contribution in [0, 0.1) is 10.8 Å². The van der Waals surface area contributed by atoms with Crippen molar-refractivity contribution in [3.63, 3.8) is 0 Å². The van der Waals surface area contributed by atoms with Gasteiger partial charge in [-0.1, -0.05) is 0 Å². The average Bonchev–Trinajstić information content (AvgIpc) is 2.00. The fourth-order valence-corrected chi connectivity index (χ4v) is 2.70. The third kappa shape index (κ3) is 6.02. The van der Waals surface area contributed by atoms with Gasteiger partial charge in [0.1, 0.15) is 0 Å². The van der Waals surface area contributed by atoms with Gasteiger partial charge in [-0.05, 0) is 0 Å². The van der Waals surface area contributed by atoms with E-state index in [9.17, 15) is 9.59 Å². The Bertz CT molecular complexity index is 221. The summed E-state index contributed by atoms with van der Waals surface area (Å²) in [5.74, 6) is -0.619. The van der Waals surface area contributed by atoms with Gasteiger partial charge in [0.2, 0.25) is 0 Å². The number of hydrogen-bond donors (Lipinski definition) is 0. The Labute approximate surface area is 102 Å². The second kappa shape index (κ2) is 5.18. The zero-order valence-corrected chi connectivity index (χ0v) is 13.0. The SMILES string of the molecule is CC(C)(C)C(=O)[O][Sn][O]C(=O)C(C)(C)C. The maximum absolute atomic E-state index is 11.3. The zero-order chi connectivity index (χ0) is 12.3. The van der Waals surface area contributed by atoms with Crippen LogP contribution in [0.25, 0.3) is 0 Å². The van der Waals surface area contributed by atoms with Crippen molar-refractivity contribution in [2.45, 2.75) is 41.5 Å². The van der Waals surface area contributed by atoms with E-state index in [2.05, 4.69) is 0 Å². The van der Waals surface area contributed by atoms with Gasteiger partial charge in [0.25, 0.3) is 0 Å². The van der Waals surface area contributed by atoms with Gasteiger partial charge >= 0.3 is 102 Å². The summed E-state index contributed by atoms with van der Waals surface area (Å²) < 4.78 is 9.92. The summed E-state index contributed by atoms with van der Waals surface area (Å²) in [7, 11) is 0. The van der Waals surface area contributed by atoms with E-state index in [4.69, 9.17) is 6.15 Å². The minimum absolute atomic E-state index is 0.309. The molecule has 0 bridgehead atoms. The molecule has 0 amide bonds. The number of hydrogen-bond acceptors (Lipinski definition) is 4. The molecule has 0 aromatic carbocycles. The molecule has 0 aromatic rings. The first kappa shape index (κ1) is 14.7. The molecule has 0 fully saturated rings. The third-order valence-electron chi connectivity index (χ3n) is 1.49. The molecule has 0 aliphatic heterocycles. The van der Waals surface area contributed by atoms with Crippen LogP contribution in [0.5, 0.6) is 0 Å². The van der Waals surface area contributed by atoms with Crippen LogP contribution in [0.15, 0.2) is 0 Å². The van der Waals surface area contributed by atoms with E-state index < -0.39 is 32.8 Å². The summed E-state index contributed by atoms with van der Waals surface area (Å²) in [4.78, 5) is 22.6. The van der Waals surface area contributed by atoms with Crippen LogP contribution >= 0.6 is 0 Å². The monoisotopic (exact) mass is 322 g/mol. The number of carbonyl (C=O) groups excluding carboxylic acids is 2. The van der Waals surface area contributed by atoms with E-state index in [0.717, 1.165) is 0 Å². The van der Waals surface area contributed by atoms with Gasteiger partial charge in [0.05, 0.1) is 0 Å². The van der Waals surface area contributed by atoms with Crippen LogP contribution in [0.1, 0.15) is 41.5 Å². The molecule has 0 atom stereocenters. The minimum atomic E-state index is -1.82. The number of rotatable bonds is 2. The molecule has 0 spiro atoms. The average molecular weight is 321 g/mol. The van der Waals surface area contributed by atoms with Crippen LogP contribution in [0.3, 0.4) is 0 Å². The van der Waals surface area contributed by atoms with Crippen LogP contribution in [-0.4, -0.2) is 33.9 Å². The Morgan fingerprint density at radius 2 is 1.07 bits per heavy atom. The van der Waals surface area contributed by atoms with E-state index >= 15 is 0 Å². The summed E-state index contributed by atoms with van der Waals surface area (Å²) >= 11 is -1.82. The summed E-state index contributed by atoms with van der Waals surface area (Å²) in [6.45, 7) is 10.6. The van der Waals surface area contributed by atoms with Crippen LogP contribution in [0.2, 0.25) is 0 Å². The fourth-order valence-electron chi connectivity index (χ4n) is 0.403. The standard InChI is InChI=1S/2C5H10O2.Sn/c2*1-5(2,3)4(6)7;/h2*1-3H3,(H,6,7);/q;;+2/p-2. The van der Waals surface area contributed by atoms with Crippen LogP contribution in [-0.2, 0) is 15.7 Å². The molecule has 15 heavy (non-hydrogen) atoms. The Balaban J connectivity index is 3.92. The molecule has 0 aromatic heterocycles. The van der Waals surface area contributed by atoms with E-state index in [0.29, 0.717) is 0 Å². The fraction of sp³-hybridized carbons (Fsp3) is 0.800.